The second kappa shape index (κ2) is 4.53. The molecule has 0 radical (unpaired) electrons. The fourth-order valence-corrected chi connectivity index (χ4v) is 2.82. The maximum atomic E-state index is 3.54. The Morgan fingerprint density at radius 3 is 2.76 bits per heavy atom. The van der Waals surface area contributed by atoms with Crippen molar-refractivity contribution in [1.29, 1.82) is 0 Å². The number of benzene rings is 1. The minimum atomic E-state index is 0.860. The summed E-state index contributed by atoms with van der Waals surface area (Å²) in [5.41, 5.74) is 2.68. The number of para-hydroxylation sites is 1. The van der Waals surface area contributed by atoms with Gasteiger partial charge in [0.2, 0.25) is 0 Å². The van der Waals surface area contributed by atoms with Crippen molar-refractivity contribution in [3.8, 4) is 0 Å². The lowest BCUT2D eigenvalue weighted by atomic mass is 9.92. The highest BCUT2D eigenvalue weighted by Gasteiger charge is 2.17. The summed E-state index contributed by atoms with van der Waals surface area (Å²) >= 11 is 0. The zero-order valence-corrected chi connectivity index (χ0v) is 10.4. The standard InChI is InChI=1S/C15H20N2/c1-17-8-6-12(7-9-17)10-14-11-13-4-2-3-5-15(13)16-14/h2-5,11-12,16H,6-10H2,1H3. The van der Waals surface area contributed by atoms with Crippen LogP contribution in [0.5, 0.6) is 0 Å². The molecule has 1 aliphatic rings. The van der Waals surface area contributed by atoms with Gasteiger partial charge in [0.1, 0.15) is 0 Å². The first-order chi connectivity index (χ1) is 8.31. The van der Waals surface area contributed by atoms with Gasteiger partial charge in [-0.1, -0.05) is 18.2 Å². The van der Waals surface area contributed by atoms with Crippen molar-refractivity contribution >= 4 is 10.9 Å². The van der Waals surface area contributed by atoms with Gasteiger partial charge in [0, 0.05) is 11.2 Å². The third-order valence-corrected chi connectivity index (χ3v) is 3.93. The molecule has 17 heavy (non-hydrogen) atoms. The summed E-state index contributed by atoms with van der Waals surface area (Å²) in [6.45, 7) is 2.51. The van der Waals surface area contributed by atoms with Gasteiger partial charge in [-0.15, -0.1) is 0 Å². The van der Waals surface area contributed by atoms with Gasteiger partial charge in [-0.25, -0.2) is 0 Å². The Labute approximate surface area is 103 Å². The number of aromatic nitrogens is 1. The molecule has 0 saturated carbocycles. The minimum Gasteiger partial charge on any atom is -0.358 e. The number of nitrogens with zero attached hydrogens (tertiary/aromatic N) is 1. The van der Waals surface area contributed by atoms with E-state index < -0.39 is 0 Å². The molecular formula is C15H20N2. The number of hydrogen-bond donors (Lipinski definition) is 1. The highest BCUT2D eigenvalue weighted by atomic mass is 15.1. The number of rotatable bonds is 2. The predicted molar refractivity (Wildman–Crippen MR) is 72.2 cm³/mol. The topological polar surface area (TPSA) is 19.0 Å². The van der Waals surface area contributed by atoms with E-state index in [4.69, 9.17) is 0 Å². The molecule has 1 aromatic heterocycles. The van der Waals surface area contributed by atoms with Gasteiger partial charge in [0.25, 0.3) is 0 Å². The van der Waals surface area contributed by atoms with Crippen LogP contribution in [0.2, 0.25) is 0 Å². The summed E-state index contributed by atoms with van der Waals surface area (Å²) in [5.74, 6) is 0.860. The molecule has 3 rings (SSSR count). The van der Waals surface area contributed by atoms with Gasteiger partial charge in [-0.05, 0) is 62.8 Å². The fraction of sp³-hybridized carbons (Fsp3) is 0.467. The van der Waals surface area contributed by atoms with E-state index in [2.05, 4.69) is 47.3 Å². The van der Waals surface area contributed by atoms with Crippen LogP contribution in [-0.2, 0) is 6.42 Å². The molecule has 0 unspecified atom stereocenters. The van der Waals surface area contributed by atoms with E-state index in [1.165, 1.54) is 48.9 Å². The maximum absolute atomic E-state index is 3.54. The van der Waals surface area contributed by atoms with Crippen molar-refractivity contribution in [2.24, 2.45) is 5.92 Å². The molecule has 1 N–H and O–H groups in total. The second-order valence-electron chi connectivity index (χ2n) is 5.33. The molecule has 1 aliphatic heterocycles. The molecule has 0 amide bonds. The molecule has 2 nitrogen and oxygen atoms in total. The molecule has 0 aliphatic carbocycles. The van der Waals surface area contributed by atoms with Crippen molar-refractivity contribution in [2.45, 2.75) is 19.3 Å². The van der Waals surface area contributed by atoms with Crippen molar-refractivity contribution in [3.05, 3.63) is 36.0 Å². The molecule has 90 valence electrons. The Morgan fingerprint density at radius 2 is 2.00 bits per heavy atom. The van der Waals surface area contributed by atoms with Crippen LogP contribution in [0.3, 0.4) is 0 Å². The molecule has 1 fully saturated rings. The first-order valence-electron chi connectivity index (χ1n) is 6.56. The lowest BCUT2D eigenvalue weighted by Crippen LogP contribution is -2.30. The van der Waals surface area contributed by atoms with Crippen LogP contribution in [0, 0.1) is 5.92 Å². The molecule has 0 atom stereocenters. The zero-order valence-electron chi connectivity index (χ0n) is 10.4. The molecule has 2 heteroatoms. The number of hydrogen-bond acceptors (Lipinski definition) is 1. The van der Waals surface area contributed by atoms with E-state index in [0.717, 1.165) is 5.92 Å². The first-order valence-corrected chi connectivity index (χ1v) is 6.56. The highest BCUT2D eigenvalue weighted by molar-refractivity contribution is 5.80. The third-order valence-electron chi connectivity index (χ3n) is 3.93. The largest absolute Gasteiger partial charge is 0.358 e. The van der Waals surface area contributed by atoms with Gasteiger partial charge >= 0.3 is 0 Å². The van der Waals surface area contributed by atoms with Gasteiger partial charge in [-0.2, -0.15) is 0 Å². The second-order valence-corrected chi connectivity index (χ2v) is 5.33. The van der Waals surface area contributed by atoms with Crippen molar-refractivity contribution < 1.29 is 0 Å². The third kappa shape index (κ3) is 2.37. The van der Waals surface area contributed by atoms with Crippen LogP contribution in [-0.4, -0.2) is 30.0 Å². The predicted octanol–water partition coefficient (Wildman–Crippen LogP) is 3.05. The SMILES string of the molecule is CN1CCC(Cc2cc3ccccc3[nH]2)CC1. The Balaban J connectivity index is 1.72. The van der Waals surface area contributed by atoms with Crippen LogP contribution in [0.4, 0.5) is 0 Å². The van der Waals surface area contributed by atoms with Crippen LogP contribution in [0.15, 0.2) is 30.3 Å². The highest BCUT2D eigenvalue weighted by Crippen LogP contribution is 2.23. The average molecular weight is 228 g/mol. The number of H-pyrrole nitrogens is 1. The van der Waals surface area contributed by atoms with E-state index in [0.29, 0.717) is 0 Å². The van der Waals surface area contributed by atoms with Crippen molar-refractivity contribution in [2.75, 3.05) is 20.1 Å². The van der Waals surface area contributed by atoms with Gasteiger partial charge in [0.05, 0.1) is 0 Å². The summed E-state index contributed by atoms with van der Waals surface area (Å²) in [5, 5.41) is 1.34. The van der Waals surface area contributed by atoms with E-state index >= 15 is 0 Å². The zero-order chi connectivity index (χ0) is 11.7. The van der Waals surface area contributed by atoms with E-state index in [1.807, 2.05) is 0 Å². The quantitative estimate of drug-likeness (QED) is 0.837. The number of nitrogens with one attached hydrogen (secondary N) is 1. The molecule has 0 spiro atoms. The molecular weight excluding hydrogens is 208 g/mol. The van der Waals surface area contributed by atoms with Gasteiger partial charge in [-0.3, -0.25) is 0 Å². The van der Waals surface area contributed by atoms with Crippen LogP contribution >= 0.6 is 0 Å². The first kappa shape index (κ1) is 10.8. The monoisotopic (exact) mass is 228 g/mol. The number of piperidine rings is 1. The molecule has 0 bridgehead atoms. The summed E-state index contributed by atoms with van der Waals surface area (Å²) in [6, 6.07) is 10.9. The van der Waals surface area contributed by atoms with Crippen LogP contribution in [0.1, 0.15) is 18.5 Å². The normalized spacial score (nSPS) is 18.9. The van der Waals surface area contributed by atoms with Crippen LogP contribution < -0.4 is 0 Å². The molecule has 1 aromatic carbocycles. The Morgan fingerprint density at radius 1 is 1.24 bits per heavy atom. The van der Waals surface area contributed by atoms with Crippen molar-refractivity contribution in [1.82, 2.24) is 9.88 Å². The Bertz CT molecular complexity index is 459. The Hall–Kier alpha value is -1.28. The Kier molecular flexibility index (Phi) is 2.89. The lowest BCUT2D eigenvalue weighted by molar-refractivity contribution is 0.218. The number of likely N-dealkylation sites (tertiary alicyclic amines) is 1. The summed E-state index contributed by atoms with van der Waals surface area (Å²) in [4.78, 5) is 5.97. The van der Waals surface area contributed by atoms with Crippen molar-refractivity contribution in [3.63, 3.8) is 0 Å². The van der Waals surface area contributed by atoms with Gasteiger partial charge < -0.3 is 9.88 Å². The molecule has 1 saturated heterocycles. The summed E-state index contributed by atoms with van der Waals surface area (Å²) in [7, 11) is 2.22. The number of aromatic amines is 1. The fourth-order valence-electron chi connectivity index (χ4n) is 2.82. The molecule has 2 heterocycles. The van der Waals surface area contributed by atoms with E-state index in [-0.39, 0.29) is 0 Å². The number of fused-ring (bicyclic) bond motifs is 1. The van der Waals surface area contributed by atoms with E-state index in [1.54, 1.807) is 0 Å². The molecule has 2 aromatic rings. The average Bonchev–Trinajstić information content (AvgIpc) is 2.74. The van der Waals surface area contributed by atoms with Crippen LogP contribution in [0.25, 0.3) is 10.9 Å². The lowest BCUT2D eigenvalue weighted by Gasteiger charge is -2.28. The van der Waals surface area contributed by atoms with Gasteiger partial charge in [0.15, 0.2) is 0 Å². The maximum Gasteiger partial charge on any atom is 0.0456 e. The summed E-state index contributed by atoms with van der Waals surface area (Å²) in [6.07, 6.45) is 3.89. The summed E-state index contributed by atoms with van der Waals surface area (Å²) < 4.78 is 0. The minimum absolute atomic E-state index is 0.860. The smallest absolute Gasteiger partial charge is 0.0456 e. The van der Waals surface area contributed by atoms with E-state index in [9.17, 15) is 0 Å².